The molecule has 8 nitrogen and oxygen atoms in total. The van der Waals surface area contributed by atoms with Gasteiger partial charge in [0.2, 0.25) is 10.0 Å². The molecule has 0 amide bonds. The molecule has 144 valence electrons. The highest BCUT2D eigenvalue weighted by atomic mass is 35.5. The summed E-state index contributed by atoms with van der Waals surface area (Å²) in [7, 11) is -3.80. The molecule has 2 rings (SSSR count). The summed E-state index contributed by atoms with van der Waals surface area (Å²) in [6.07, 6.45) is 1.42. The molecule has 0 radical (unpaired) electrons. The van der Waals surface area contributed by atoms with Gasteiger partial charge in [0.25, 0.3) is 5.69 Å². The van der Waals surface area contributed by atoms with E-state index in [0.29, 0.717) is 10.6 Å². The van der Waals surface area contributed by atoms with Crippen LogP contribution in [0.4, 0.5) is 11.4 Å². The average molecular weight is 411 g/mol. The molecular weight excluding hydrogens is 392 g/mol. The third-order valence-corrected chi connectivity index (χ3v) is 6.19. The van der Waals surface area contributed by atoms with Gasteiger partial charge < -0.3 is 0 Å². The molecule has 0 aliphatic heterocycles. The van der Waals surface area contributed by atoms with Crippen molar-refractivity contribution in [3.63, 3.8) is 0 Å². The first kappa shape index (κ1) is 20.8. The van der Waals surface area contributed by atoms with Gasteiger partial charge in [-0.25, -0.2) is 8.42 Å². The summed E-state index contributed by atoms with van der Waals surface area (Å²) in [6.45, 7) is 3.95. The van der Waals surface area contributed by atoms with Crippen molar-refractivity contribution in [3.05, 3.63) is 63.2 Å². The van der Waals surface area contributed by atoms with Crippen LogP contribution in [0.1, 0.15) is 19.4 Å². The second-order valence-electron chi connectivity index (χ2n) is 5.42. The molecule has 0 fully saturated rings. The zero-order valence-corrected chi connectivity index (χ0v) is 16.4. The molecule has 0 saturated carbocycles. The lowest BCUT2D eigenvalue weighted by Gasteiger charge is -2.18. The Kier molecular flexibility index (Phi) is 6.89. The number of nitrogens with zero attached hydrogens (tertiary/aromatic N) is 3. The Labute approximate surface area is 162 Å². The zero-order chi connectivity index (χ0) is 20.0. The molecule has 27 heavy (non-hydrogen) atoms. The van der Waals surface area contributed by atoms with E-state index in [0.717, 1.165) is 6.07 Å². The predicted octanol–water partition coefficient (Wildman–Crippen LogP) is 3.72. The summed E-state index contributed by atoms with van der Waals surface area (Å²) in [5.41, 5.74) is 2.88. The van der Waals surface area contributed by atoms with Crippen molar-refractivity contribution in [3.8, 4) is 0 Å². The lowest BCUT2D eigenvalue weighted by atomic mass is 10.2. The number of rotatable bonds is 8. The molecule has 1 N–H and O–H groups in total. The van der Waals surface area contributed by atoms with E-state index in [1.54, 1.807) is 38.1 Å². The number of hydrazone groups is 1. The highest BCUT2D eigenvalue weighted by molar-refractivity contribution is 7.89. The lowest BCUT2D eigenvalue weighted by molar-refractivity contribution is -0.384. The third-order valence-electron chi connectivity index (χ3n) is 3.80. The van der Waals surface area contributed by atoms with Crippen molar-refractivity contribution in [1.29, 1.82) is 0 Å². The topological polar surface area (TPSA) is 105 Å². The van der Waals surface area contributed by atoms with E-state index in [1.165, 1.54) is 22.7 Å². The van der Waals surface area contributed by atoms with E-state index in [4.69, 9.17) is 11.6 Å². The Balaban J connectivity index is 2.34. The first-order chi connectivity index (χ1) is 12.8. The standard InChI is InChI=1S/C17H19ClN4O4S/c1-3-21(4-2)27(25,26)14-9-10-16(17(11-14)22(23)24)20-19-12-13-7-5-6-8-15(13)18/h5-12,20H,3-4H2,1-2H3/b19-12-. The van der Waals surface area contributed by atoms with Crippen molar-refractivity contribution < 1.29 is 13.3 Å². The Bertz CT molecular complexity index is 959. The number of sulfonamides is 1. The van der Waals surface area contributed by atoms with Crippen LogP contribution in [0.2, 0.25) is 5.02 Å². The van der Waals surface area contributed by atoms with Crippen LogP contribution in [0.15, 0.2) is 52.5 Å². The zero-order valence-electron chi connectivity index (χ0n) is 14.8. The van der Waals surface area contributed by atoms with Gasteiger partial charge in [-0.2, -0.15) is 9.41 Å². The van der Waals surface area contributed by atoms with E-state index in [1.807, 2.05) is 0 Å². The molecule has 0 aliphatic rings. The smallest absolute Gasteiger partial charge is 0.272 e. The van der Waals surface area contributed by atoms with Crippen LogP contribution in [0, 0.1) is 10.1 Å². The van der Waals surface area contributed by atoms with Gasteiger partial charge in [-0.3, -0.25) is 15.5 Å². The van der Waals surface area contributed by atoms with Crippen molar-refractivity contribution in [2.45, 2.75) is 18.7 Å². The molecule has 0 aliphatic carbocycles. The molecule has 0 spiro atoms. The van der Waals surface area contributed by atoms with Gasteiger partial charge in [0.15, 0.2) is 0 Å². The Morgan fingerprint density at radius 1 is 1.22 bits per heavy atom. The molecule has 0 unspecified atom stereocenters. The maximum atomic E-state index is 12.6. The van der Waals surface area contributed by atoms with Crippen molar-refractivity contribution in [2.75, 3.05) is 18.5 Å². The third kappa shape index (κ3) is 4.82. The number of hydrogen-bond acceptors (Lipinski definition) is 6. The van der Waals surface area contributed by atoms with Crippen LogP contribution in [0.25, 0.3) is 0 Å². The average Bonchev–Trinajstić information content (AvgIpc) is 2.64. The molecule has 0 heterocycles. The van der Waals surface area contributed by atoms with Crippen molar-refractivity contribution in [1.82, 2.24) is 4.31 Å². The minimum atomic E-state index is -3.80. The number of hydrogen-bond donors (Lipinski definition) is 1. The van der Waals surface area contributed by atoms with Gasteiger partial charge in [0.1, 0.15) is 5.69 Å². The minimum absolute atomic E-state index is 0.0711. The molecule has 0 atom stereocenters. The predicted molar refractivity (Wildman–Crippen MR) is 106 cm³/mol. The maximum absolute atomic E-state index is 12.6. The number of nitro benzene ring substituents is 1. The van der Waals surface area contributed by atoms with Gasteiger partial charge in [0.05, 0.1) is 16.0 Å². The second-order valence-corrected chi connectivity index (χ2v) is 7.76. The van der Waals surface area contributed by atoms with Crippen LogP contribution in [-0.4, -0.2) is 37.0 Å². The molecule has 10 heteroatoms. The number of nitro groups is 1. The molecule has 2 aromatic carbocycles. The Hall–Kier alpha value is -2.49. The fraction of sp³-hybridized carbons (Fsp3) is 0.235. The fourth-order valence-corrected chi connectivity index (χ4v) is 4.04. The maximum Gasteiger partial charge on any atom is 0.295 e. The van der Waals surface area contributed by atoms with E-state index in [-0.39, 0.29) is 29.4 Å². The van der Waals surface area contributed by atoms with E-state index in [2.05, 4.69) is 10.5 Å². The van der Waals surface area contributed by atoms with Crippen molar-refractivity contribution >= 4 is 39.2 Å². The highest BCUT2D eigenvalue weighted by Gasteiger charge is 2.25. The Morgan fingerprint density at radius 3 is 2.48 bits per heavy atom. The number of halogens is 1. The molecule has 0 bridgehead atoms. The largest absolute Gasteiger partial charge is 0.295 e. The summed E-state index contributed by atoms with van der Waals surface area (Å²) in [5, 5.41) is 15.8. The normalized spacial score (nSPS) is 11.9. The summed E-state index contributed by atoms with van der Waals surface area (Å²) >= 11 is 6.02. The first-order valence-corrected chi connectivity index (χ1v) is 9.95. The van der Waals surface area contributed by atoms with Crippen LogP contribution >= 0.6 is 11.6 Å². The molecule has 0 aromatic heterocycles. The van der Waals surface area contributed by atoms with Gasteiger partial charge in [-0.1, -0.05) is 43.6 Å². The van der Waals surface area contributed by atoms with Gasteiger partial charge in [-0.15, -0.1) is 0 Å². The van der Waals surface area contributed by atoms with Crippen LogP contribution in [0.3, 0.4) is 0 Å². The van der Waals surface area contributed by atoms with Crippen LogP contribution in [0.5, 0.6) is 0 Å². The molecule has 2 aromatic rings. The fourth-order valence-electron chi connectivity index (χ4n) is 2.38. The first-order valence-electron chi connectivity index (χ1n) is 8.13. The summed E-state index contributed by atoms with van der Waals surface area (Å²) in [6, 6.07) is 10.6. The van der Waals surface area contributed by atoms with E-state index >= 15 is 0 Å². The summed E-state index contributed by atoms with van der Waals surface area (Å²) < 4.78 is 26.3. The monoisotopic (exact) mass is 410 g/mol. The summed E-state index contributed by atoms with van der Waals surface area (Å²) in [4.78, 5) is 10.6. The van der Waals surface area contributed by atoms with Crippen molar-refractivity contribution in [2.24, 2.45) is 5.10 Å². The van der Waals surface area contributed by atoms with E-state index < -0.39 is 14.9 Å². The summed E-state index contributed by atoms with van der Waals surface area (Å²) in [5.74, 6) is 0. The van der Waals surface area contributed by atoms with Gasteiger partial charge in [0, 0.05) is 29.7 Å². The van der Waals surface area contributed by atoms with Gasteiger partial charge >= 0.3 is 0 Å². The van der Waals surface area contributed by atoms with Crippen LogP contribution < -0.4 is 5.43 Å². The minimum Gasteiger partial charge on any atom is -0.272 e. The van der Waals surface area contributed by atoms with Gasteiger partial charge in [-0.05, 0) is 18.2 Å². The van der Waals surface area contributed by atoms with E-state index in [9.17, 15) is 18.5 Å². The molecular formula is C17H19ClN4O4S. The molecule has 0 saturated heterocycles. The Morgan fingerprint density at radius 2 is 1.89 bits per heavy atom. The highest BCUT2D eigenvalue weighted by Crippen LogP contribution is 2.29. The van der Waals surface area contributed by atoms with Crippen LogP contribution in [-0.2, 0) is 10.0 Å². The second kappa shape index (κ2) is 8.94. The number of nitrogens with one attached hydrogen (secondary N) is 1. The quantitative estimate of drug-likeness (QED) is 0.405. The lowest BCUT2D eigenvalue weighted by Crippen LogP contribution is -2.30. The SMILES string of the molecule is CCN(CC)S(=O)(=O)c1ccc(N/N=C\c2ccccc2Cl)c([N+](=O)[O-])c1. The number of benzene rings is 2. The number of anilines is 1.